The van der Waals surface area contributed by atoms with E-state index in [-0.39, 0.29) is 22.8 Å². The number of aromatic hydroxyl groups is 1. The summed E-state index contributed by atoms with van der Waals surface area (Å²) in [6, 6.07) is 13.2. The number of carbonyl (C=O) groups excluding carboxylic acids is 3. The summed E-state index contributed by atoms with van der Waals surface area (Å²) in [6.45, 7) is 2.38. The molecule has 0 aromatic heterocycles. The molecule has 3 heterocycles. The number of benzene rings is 2. The molecule has 2 bridgehead atoms. The highest BCUT2D eigenvalue weighted by molar-refractivity contribution is 6.54. The van der Waals surface area contributed by atoms with E-state index >= 15 is 0 Å². The Labute approximate surface area is 195 Å². The summed E-state index contributed by atoms with van der Waals surface area (Å²) < 4.78 is 17.9. The summed E-state index contributed by atoms with van der Waals surface area (Å²) in [5, 5.41) is 10.6. The van der Waals surface area contributed by atoms with Crippen LogP contribution in [0.3, 0.4) is 0 Å². The minimum Gasteiger partial charge on any atom is -0.506 e. The lowest BCUT2D eigenvalue weighted by atomic mass is 9.67. The molecule has 34 heavy (non-hydrogen) atoms. The van der Waals surface area contributed by atoms with Crippen LogP contribution in [-0.4, -0.2) is 40.7 Å². The third kappa shape index (κ3) is 2.45. The van der Waals surface area contributed by atoms with Gasteiger partial charge in [-0.2, -0.15) is 0 Å². The number of esters is 1. The Kier molecular flexibility index (Phi) is 4.33. The van der Waals surface area contributed by atoms with Crippen molar-refractivity contribution in [3.63, 3.8) is 0 Å². The van der Waals surface area contributed by atoms with E-state index in [1.54, 1.807) is 36.4 Å². The molecule has 8 nitrogen and oxygen atoms in total. The fourth-order valence-corrected chi connectivity index (χ4v) is 5.99. The van der Waals surface area contributed by atoms with E-state index in [2.05, 4.69) is 0 Å². The molecule has 3 aliphatic heterocycles. The molecule has 8 heteroatoms. The summed E-state index contributed by atoms with van der Waals surface area (Å²) >= 11 is 0. The van der Waals surface area contributed by atoms with Crippen LogP contribution in [0.25, 0.3) is 5.76 Å². The molecule has 6 rings (SSSR count). The average molecular weight is 461 g/mol. The smallest absolute Gasteiger partial charge is 0.341 e. The normalized spacial score (nSPS) is 29.5. The molecule has 1 aliphatic carbocycles. The van der Waals surface area contributed by atoms with E-state index < -0.39 is 34.9 Å². The van der Waals surface area contributed by atoms with Crippen LogP contribution in [0, 0.1) is 5.92 Å². The average Bonchev–Trinajstić information content (AvgIpc) is 3.18. The topological polar surface area (TPSA) is 102 Å². The fourth-order valence-electron chi connectivity index (χ4n) is 5.99. The SMILES string of the molecule is CCOc1ccc(C2=C3C(=O)C(=O)N(c4ccccc4O)C34C(=O)OC3(CCCCC34)O2)cc1. The summed E-state index contributed by atoms with van der Waals surface area (Å²) in [4.78, 5) is 41.9. The molecule has 3 fully saturated rings. The molecule has 2 saturated heterocycles. The molecule has 1 N–H and O–H groups in total. The molecule has 174 valence electrons. The van der Waals surface area contributed by atoms with E-state index in [4.69, 9.17) is 14.2 Å². The van der Waals surface area contributed by atoms with Crippen LogP contribution in [0.1, 0.15) is 38.2 Å². The zero-order chi connectivity index (χ0) is 23.7. The molecule has 1 spiro atoms. The van der Waals surface area contributed by atoms with Gasteiger partial charge in [-0.15, -0.1) is 0 Å². The monoisotopic (exact) mass is 461 g/mol. The van der Waals surface area contributed by atoms with Gasteiger partial charge in [-0.1, -0.05) is 18.6 Å². The number of hydrogen-bond donors (Lipinski definition) is 1. The maximum Gasteiger partial charge on any atom is 0.341 e. The fraction of sp³-hybridized carbons (Fsp3) is 0.346. The summed E-state index contributed by atoms with van der Waals surface area (Å²) in [5.74, 6) is -3.64. The van der Waals surface area contributed by atoms with Crippen LogP contribution >= 0.6 is 0 Å². The molecule has 2 aromatic rings. The highest BCUT2D eigenvalue weighted by atomic mass is 16.7. The standard InChI is InChI=1S/C26H23NO7/c1-2-32-16-12-10-15(11-13-16)22-20-21(29)23(30)27(17-7-3-4-8-18(17)28)26(20)19-9-5-6-14-25(19,33-22)34-24(26)31/h3-4,7-8,10-13,19,28H,2,5-6,9,14H2,1H3. The minimum atomic E-state index is -1.69. The predicted molar refractivity (Wildman–Crippen MR) is 120 cm³/mol. The first kappa shape index (κ1) is 20.8. The van der Waals surface area contributed by atoms with E-state index in [9.17, 15) is 19.5 Å². The molecule has 3 unspecified atom stereocenters. The first-order chi connectivity index (χ1) is 16.4. The second-order valence-corrected chi connectivity index (χ2v) is 8.99. The van der Waals surface area contributed by atoms with E-state index in [0.29, 0.717) is 30.8 Å². The number of hydrogen-bond acceptors (Lipinski definition) is 7. The van der Waals surface area contributed by atoms with Gasteiger partial charge >= 0.3 is 11.9 Å². The quantitative estimate of drug-likeness (QED) is 0.550. The Bertz CT molecular complexity index is 1270. The first-order valence-electron chi connectivity index (χ1n) is 11.5. The second-order valence-electron chi connectivity index (χ2n) is 8.99. The molecule has 2 aromatic carbocycles. The van der Waals surface area contributed by atoms with Crippen molar-refractivity contribution in [1.82, 2.24) is 0 Å². The van der Waals surface area contributed by atoms with Gasteiger partial charge in [-0.25, -0.2) is 4.79 Å². The minimum absolute atomic E-state index is 0.0186. The molecular weight excluding hydrogens is 438 g/mol. The van der Waals surface area contributed by atoms with Gasteiger partial charge in [0.05, 0.1) is 23.8 Å². The van der Waals surface area contributed by atoms with Crippen molar-refractivity contribution in [2.45, 2.75) is 43.9 Å². The van der Waals surface area contributed by atoms with Crippen molar-refractivity contribution in [2.75, 3.05) is 11.5 Å². The predicted octanol–water partition coefficient (Wildman–Crippen LogP) is 3.33. The van der Waals surface area contributed by atoms with Gasteiger partial charge in [0.25, 0.3) is 11.6 Å². The number of Topliss-reactive ketones (excluding diaryl/α,β-unsaturated/α-hetero) is 1. The highest BCUT2D eigenvalue weighted by Gasteiger charge is 2.79. The molecule has 0 radical (unpaired) electrons. The number of carbonyl (C=O) groups is 3. The zero-order valence-corrected chi connectivity index (χ0v) is 18.6. The third-order valence-corrected chi connectivity index (χ3v) is 7.29. The first-order valence-corrected chi connectivity index (χ1v) is 11.5. The maximum absolute atomic E-state index is 13.7. The van der Waals surface area contributed by atoms with Crippen LogP contribution in [0.5, 0.6) is 11.5 Å². The van der Waals surface area contributed by atoms with Crippen molar-refractivity contribution < 1.29 is 33.7 Å². The second kappa shape index (κ2) is 7.09. The number of ether oxygens (including phenoxy) is 3. The number of phenols is 1. The van der Waals surface area contributed by atoms with Crippen molar-refractivity contribution in [1.29, 1.82) is 0 Å². The molecular formula is C26H23NO7. The van der Waals surface area contributed by atoms with Gasteiger partial charge in [0.2, 0.25) is 0 Å². The summed E-state index contributed by atoms with van der Waals surface area (Å²) in [5.41, 5.74) is -1.07. The van der Waals surface area contributed by atoms with Crippen LogP contribution < -0.4 is 9.64 Å². The van der Waals surface area contributed by atoms with Gasteiger partial charge in [0.1, 0.15) is 17.3 Å². The maximum atomic E-state index is 13.7. The van der Waals surface area contributed by atoms with Crippen LogP contribution in [0.2, 0.25) is 0 Å². The van der Waals surface area contributed by atoms with Gasteiger partial charge < -0.3 is 19.3 Å². The Hall–Kier alpha value is -3.81. The Morgan fingerprint density at radius 1 is 1.06 bits per heavy atom. The largest absolute Gasteiger partial charge is 0.506 e. The number of amides is 1. The summed E-state index contributed by atoms with van der Waals surface area (Å²) in [6.07, 6.45) is 2.58. The molecule has 1 amide bonds. The van der Waals surface area contributed by atoms with Crippen molar-refractivity contribution in [3.05, 3.63) is 59.7 Å². The Morgan fingerprint density at radius 3 is 2.56 bits per heavy atom. The zero-order valence-electron chi connectivity index (χ0n) is 18.6. The van der Waals surface area contributed by atoms with E-state index in [1.165, 1.54) is 12.1 Å². The Balaban J connectivity index is 1.64. The molecule has 4 aliphatic rings. The molecule has 3 atom stereocenters. The van der Waals surface area contributed by atoms with Crippen molar-refractivity contribution in [3.8, 4) is 11.5 Å². The molecule has 1 saturated carbocycles. The number of phenolic OH excluding ortho intramolecular Hbond substituents is 1. The van der Waals surface area contributed by atoms with Gasteiger partial charge in [-0.3, -0.25) is 14.5 Å². The summed E-state index contributed by atoms with van der Waals surface area (Å²) in [7, 11) is 0. The van der Waals surface area contributed by atoms with Crippen molar-refractivity contribution in [2.24, 2.45) is 5.92 Å². The number of ketones is 1. The van der Waals surface area contributed by atoms with Gasteiger partial charge in [0.15, 0.2) is 5.54 Å². The lowest BCUT2D eigenvalue weighted by Gasteiger charge is -2.46. The van der Waals surface area contributed by atoms with Crippen molar-refractivity contribution >= 4 is 29.1 Å². The number of rotatable bonds is 4. The van der Waals surface area contributed by atoms with E-state index in [1.807, 2.05) is 6.92 Å². The van der Waals surface area contributed by atoms with Gasteiger partial charge in [0, 0.05) is 12.0 Å². The Morgan fingerprint density at radius 2 is 1.82 bits per heavy atom. The van der Waals surface area contributed by atoms with Crippen LogP contribution in [0.15, 0.2) is 54.1 Å². The third-order valence-electron chi connectivity index (χ3n) is 7.29. The highest BCUT2D eigenvalue weighted by Crippen LogP contribution is 2.63. The lowest BCUT2D eigenvalue weighted by Crippen LogP contribution is -2.60. The lowest BCUT2D eigenvalue weighted by molar-refractivity contribution is -0.210. The number of anilines is 1. The number of nitrogens with zero attached hydrogens (tertiary/aromatic N) is 1. The van der Waals surface area contributed by atoms with Gasteiger partial charge in [-0.05, 0) is 56.2 Å². The van der Waals surface area contributed by atoms with Crippen LogP contribution in [0.4, 0.5) is 5.69 Å². The van der Waals surface area contributed by atoms with Crippen LogP contribution in [-0.2, 0) is 23.9 Å². The van der Waals surface area contributed by atoms with E-state index in [0.717, 1.165) is 17.7 Å². The number of para-hydroxylation sites is 2.